The van der Waals surface area contributed by atoms with Crippen LogP contribution in [0.3, 0.4) is 0 Å². The van der Waals surface area contributed by atoms with Crippen molar-refractivity contribution >= 4 is 28.3 Å². The molecular formula is C25H20ClN3O4. The smallest absolute Gasteiger partial charge is 0.279 e. The number of fused-ring (bicyclic) bond motifs is 2. The Morgan fingerprint density at radius 2 is 1.73 bits per heavy atom. The van der Waals surface area contributed by atoms with E-state index in [2.05, 4.69) is 10.4 Å². The molecule has 0 fully saturated rings. The number of carbonyl (C=O) groups is 1. The summed E-state index contributed by atoms with van der Waals surface area (Å²) >= 11 is 6.31. The molecule has 0 bridgehead atoms. The van der Waals surface area contributed by atoms with Gasteiger partial charge in [-0.05, 0) is 42.3 Å². The van der Waals surface area contributed by atoms with Crippen molar-refractivity contribution in [3.63, 3.8) is 0 Å². The first-order valence-electron chi connectivity index (χ1n) is 10.6. The molecule has 3 aromatic carbocycles. The van der Waals surface area contributed by atoms with Gasteiger partial charge in [0.2, 0.25) is 0 Å². The van der Waals surface area contributed by atoms with E-state index in [9.17, 15) is 9.59 Å². The molecule has 0 unspecified atom stereocenters. The average Bonchev–Trinajstić information content (AvgIpc) is 2.85. The van der Waals surface area contributed by atoms with Crippen LogP contribution in [0.25, 0.3) is 16.5 Å². The van der Waals surface area contributed by atoms with Crippen LogP contribution in [0.1, 0.15) is 16.1 Å². The maximum atomic E-state index is 13.1. The maximum Gasteiger partial charge on any atom is 0.279 e. The topological polar surface area (TPSA) is 82.4 Å². The van der Waals surface area contributed by atoms with Crippen molar-refractivity contribution in [3.8, 4) is 17.2 Å². The lowest BCUT2D eigenvalue weighted by molar-refractivity contribution is 0.0949. The predicted molar refractivity (Wildman–Crippen MR) is 126 cm³/mol. The lowest BCUT2D eigenvalue weighted by atomic mass is 10.1. The summed E-state index contributed by atoms with van der Waals surface area (Å²) in [5.41, 5.74) is 1.42. The number of para-hydroxylation sites is 1. The number of hydrogen-bond donors (Lipinski definition) is 1. The van der Waals surface area contributed by atoms with Crippen LogP contribution >= 0.6 is 11.6 Å². The Kier molecular flexibility index (Phi) is 5.71. The molecule has 1 amide bonds. The Labute approximate surface area is 194 Å². The van der Waals surface area contributed by atoms with E-state index < -0.39 is 0 Å². The highest BCUT2D eigenvalue weighted by Gasteiger charge is 2.19. The number of nitrogens with zero attached hydrogens (tertiary/aromatic N) is 2. The fourth-order valence-electron chi connectivity index (χ4n) is 3.81. The SMILES string of the molecule is O=C(NCCc1cc(Cl)c2c(c1)OCCO2)c1nn(-c2ccccc2)c(=O)c2ccccc12. The lowest BCUT2D eigenvalue weighted by Gasteiger charge is -2.20. The highest BCUT2D eigenvalue weighted by atomic mass is 35.5. The van der Waals surface area contributed by atoms with Gasteiger partial charge < -0.3 is 14.8 Å². The molecule has 0 saturated carbocycles. The number of benzene rings is 3. The average molecular weight is 462 g/mol. The molecule has 2 heterocycles. The van der Waals surface area contributed by atoms with Crippen molar-refractivity contribution in [1.82, 2.24) is 15.1 Å². The third-order valence-electron chi connectivity index (χ3n) is 5.38. The fraction of sp³-hybridized carbons (Fsp3) is 0.160. The zero-order valence-corrected chi connectivity index (χ0v) is 18.3. The first-order chi connectivity index (χ1) is 16.1. The first-order valence-corrected chi connectivity index (χ1v) is 10.9. The highest BCUT2D eigenvalue weighted by Crippen LogP contribution is 2.38. The molecule has 1 aliphatic heterocycles. The molecular weight excluding hydrogens is 442 g/mol. The van der Waals surface area contributed by atoms with Gasteiger partial charge in [-0.25, -0.2) is 0 Å². The number of amides is 1. The van der Waals surface area contributed by atoms with Crippen LogP contribution < -0.4 is 20.3 Å². The van der Waals surface area contributed by atoms with Gasteiger partial charge >= 0.3 is 0 Å². The minimum Gasteiger partial charge on any atom is -0.486 e. The predicted octanol–water partition coefficient (Wildman–Crippen LogP) is 3.78. The first kappa shape index (κ1) is 21.0. The molecule has 166 valence electrons. The molecule has 0 radical (unpaired) electrons. The van der Waals surface area contributed by atoms with E-state index in [-0.39, 0.29) is 17.2 Å². The number of rotatable bonds is 5. The Hall–Kier alpha value is -3.84. The van der Waals surface area contributed by atoms with Crippen LogP contribution in [-0.4, -0.2) is 35.4 Å². The van der Waals surface area contributed by atoms with Gasteiger partial charge in [0.25, 0.3) is 11.5 Å². The van der Waals surface area contributed by atoms with Gasteiger partial charge in [0, 0.05) is 11.9 Å². The summed E-state index contributed by atoms with van der Waals surface area (Å²) in [5.74, 6) is 0.798. The number of aromatic nitrogens is 2. The summed E-state index contributed by atoms with van der Waals surface area (Å²) in [6.07, 6.45) is 0.540. The second-order valence-corrected chi connectivity index (χ2v) is 7.96. The van der Waals surface area contributed by atoms with E-state index in [0.717, 1.165) is 5.56 Å². The van der Waals surface area contributed by atoms with Crippen LogP contribution in [0.4, 0.5) is 0 Å². The van der Waals surface area contributed by atoms with E-state index in [1.54, 1.807) is 36.4 Å². The largest absolute Gasteiger partial charge is 0.486 e. The Balaban J connectivity index is 1.40. The third-order valence-corrected chi connectivity index (χ3v) is 5.66. The normalized spacial score (nSPS) is 12.5. The molecule has 7 nitrogen and oxygen atoms in total. The second kappa shape index (κ2) is 8.96. The van der Waals surface area contributed by atoms with Gasteiger partial charge in [0.05, 0.1) is 16.1 Å². The minimum absolute atomic E-state index is 0.189. The van der Waals surface area contributed by atoms with Crippen molar-refractivity contribution in [2.45, 2.75) is 6.42 Å². The summed E-state index contributed by atoms with van der Waals surface area (Å²) in [6.45, 7) is 1.29. The van der Waals surface area contributed by atoms with E-state index in [1.165, 1.54) is 4.68 Å². The number of carbonyl (C=O) groups excluding carboxylic acids is 1. The molecule has 0 saturated heterocycles. The van der Waals surface area contributed by atoms with Gasteiger partial charge in [0.1, 0.15) is 13.2 Å². The van der Waals surface area contributed by atoms with Crippen molar-refractivity contribution in [2.24, 2.45) is 0 Å². The third kappa shape index (κ3) is 4.15. The van der Waals surface area contributed by atoms with Crippen molar-refractivity contribution in [2.75, 3.05) is 19.8 Å². The van der Waals surface area contributed by atoms with Gasteiger partial charge in [-0.1, -0.05) is 48.0 Å². The zero-order chi connectivity index (χ0) is 22.8. The summed E-state index contributed by atoms with van der Waals surface area (Å²) in [4.78, 5) is 26.1. The van der Waals surface area contributed by atoms with E-state index in [0.29, 0.717) is 59.2 Å². The van der Waals surface area contributed by atoms with Gasteiger partial charge in [-0.3, -0.25) is 9.59 Å². The second-order valence-electron chi connectivity index (χ2n) is 7.55. The van der Waals surface area contributed by atoms with E-state index in [4.69, 9.17) is 21.1 Å². The Morgan fingerprint density at radius 3 is 2.55 bits per heavy atom. The molecule has 33 heavy (non-hydrogen) atoms. The van der Waals surface area contributed by atoms with Crippen LogP contribution in [0, 0.1) is 0 Å². The van der Waals surface area contributed by atoms with Crippen molar-refractivity contribution < 1.29 is 14.3 Å². The molecule has 1 aromatic heterocycles. The van der Waals surface area contributed by atoms with E-state index >= 15 is 0 Å². The van der Waals surface area contributed by atoms with Crippen LogP contribution in [-0.2, 0) is 6.42 Å². The lowest BCUT2D eigenvalue weighted by Crippen LogP contribution is -2.31. The van der Waals surface area contributed by atoms with Crippen molar-refractivity contribution in [3.05, 3.63) is 93.4 Å². The van der Waals surface area contributed by atoms with Crippen molar-refractivity contribution in [1.29, 1.82) is 0 Å². The number of nitrogens with one attached hydrogen (secondary N) is 1. The molecule has 1 N–H and O–H groups in total. The van der Waals surface area contributed by atoms with E-state index in [1.807, 2.05) is 30.3 Å². The Bertz CT molecular complexity index is 1400. The summed E-state index contributed by atoms with van der Waals surface area (Å²) in [7, 11) is 0. The molecule has 5 rings (SSSR count). The standard InChI is InChI=1S/C25H20ClN3O4/c26-20-14-16(15-21-23(20)33-13-12-32-21)10-11-27-24(30)22-18-8-4-5-9-19(18)25(31)29(28-22)17-6-2-1-3-7-17/h1-9,14-15H,10-13H2,(H,27,30). The van der Waals surface area contributed by atoms with Gasteiger partial charge in [0.15, 0.2) is 17.2 Å². The van der Waals surface area contributed by atoms with Crippen LogP contribution in [0.2, 0.25) is 5.02 Å². The molecule has 1 aliphatic rings. The van der Waals surface area contributed by atoms with Gasteiger partial charge in [-0.15, -0.1) is 0 Å². The summed E-state index contributed by atoms with van der Waals surface area (Å²) in [6, 6.07) is 19.7. The van der Waals surface area contributed by atoms with Crippen LogP contribution in [0.5, 0.6) is 11.5 Å². The summed E-state index contributed by atoms with van der Waals surface area (Å²) in [5, 5.41) is 8.73. The fourth-order valence-corrected chi connectivity index (χ4v) is 4.10. The van der Waals surface area contributed by atoms with Crippen LogP contribution in [0.15, 0.2) is 71.5 Å². The Morgan fingerprint density at radius 1 is 1.00 bits per heavy atom. The zero-order valence-electron chi connectivity index (χ0n) is 17.6. The molecule has 8 heteroatoms. The highest BCUT2D eigenvalue weighted by molar-refractivity contribution is 6.32. The molecule has 0 atom stereocenters. The number of halogens is 1. The number of ether oxygens (including phenoxy) is 2. The summed E-state index contributed by atoms with van der Waals surface area (Å²) < 4.78 is 12.4. The monoisotopic (exact) mass is 461 g/mol. The quantitative estimate of drug-likeness (QED) is 0.489. The molecule has 0 aliphatic carbocycles. The maximum absolute atomic E-state index is 13.1. The van der Waals surface area contributed by atoms with Gasteiger partial charge in [-0.2, -0.15) is 9.78 Å². The molecule has 0 spiro atoms. The number of hydrogen-bond acceptors (Lipinski definition) is 5. The minimum atomic E-state index is -0.362. The molecule has 4 aromatic rings.